The summed E-state index contributed by atoms with van der Waals surface area (Å²) in [4.78, 5) is 22.8. The summed E-state index contributed by atoms with van der Waals surface area (Å²) in [5.41, 5.74) is 2.34. The molecule has 0 unspecified atom stereocenters. The van der Waals surface area contributed by atoms with Gasteiger partial charge in [0, 0.05) is 31.9 Å². The van der Waals surface area contributed by atoms with Crippen LogP contribution in [0.5, 0.6) is 0 Å². The van der Waals surface area contributed by atoms with Crippen molar-refractivity contribution in [3.8, 4) is 0 Å². The van der Waals surface area contributed by atoms with Crippen molar-refractivity contribution < 1.29 is 0 Å². The number of piperidine rings is 1. The highest BCUT2D eigenvalue weighted by Crippen LogP contribution is 2.23. The van der Waals surface area contributed by atoms with Gasteiger partial charge in [0.1, 0.15) is 12.1 Å². The van der Waals surface area contributed by atoms with E-state index in [1.54, 1.807) is 23.3 Å². The molecule has 0 aromatic carbocycles. The molecule has 0 radical (unpaired) electrons. The van der Waals surface area contributed by atoms with E-state index < -0.39 is 0 Å². The molecule has 0 spiro atoms. The van der Waals surface area contributed by atoms with Crippen LogP contribution in [0.1, 0.15) is 30.5 Å². The molecule has 0 amide bonds. The molecule has 0 bridgehead atoms. The lowest BCUT2D eigenvalue weighted by atomic mass is 9.97. The normalized spacial score (nSPS) is 18.2. The Labute approximate surface area is 135 Å². The Morgan fingerprint density at radius 2 is 2.09 bits per heavy atom. The maximum Gasteiger partial charge on any atom is 0.267 e. The van der Waals surface area contributed by atoms with Crippen LogP contribution in [0.3, 0.4) is 0 Å². The summed E-state index contributed by atoms with van der Waals surface area (Å²) in [6, 6.07) is 3.75. The summed E-state index contributed by atoms with van der Waals surface area (Å²) in [5, 5.41) is 4.59. The van der Waals surface area contributed by atoms with Crippen LogP contribution in [0.4, 0.5) is 5.82 Å². The van der Waals surface area contributed by atoms with Gasteiger partial charge in [-0.15, -0.1) is 0 Å². The second-order valence-electron chi connectivity index (χ2n) is 6.49. The molecule has 1 aliphatic heterocycles. The summed E-state index contributed by atoms with van der Waals surface area (Å²) in [5.74, 6) is 1.50. The Morgan fingerprint density at radius 3 is 2.87 bits per heavy atom. The third kappa shape index (κ3) is 2.98. The van der Waals surface area contributed by atoms with E-state index in [2.05, 4.69) is 20.0 Å². The molecule has 0 saturated carbocycles. The number of hydrogen-bond donors (Lipinski definition) is 0. The van der Waals surface area contributed by atoms with Crippen LogP contribution >= 0.6 is 0 Å². The molecule has 0 atom stereocenters. The van der Waals surface area contributed by atoms with Crippen molar-refractivity contribution in [3.05, 3.63) is 46.3 Å². The van der Waals surface area contributed by atoms with Crippen molar-refractivity contribution in [3.63, 3.8) is 0 Å². The number of nitrogens with zero attached hydrogens (tertiary/aromatic N) is 5. The predicted octanol–water partition coefficient (Wildman–Crippen LogP) is 1.44. The lowest BCUT2D eigenvalue weighted by molar-refractivity contribution is 0.333. The van der Waals surface area contributed by atoms with Crippen molar-refractivity contribution in [1.29, 1.82) is 0 Å². The van der Waals surface area contributed by atoms with E-state index in [9.17, 15) is 4.79 Å². The second-order valence-corrected chi connectivity index (χ2v) is 6.49. The first kappa shape index (κ1) is 14.4. The van der Waals surface area contributed by atoms with Crippen molar-refractivity contribution in [2.75, 3.05) is 18.0 Å². The number of aromatic nitrogens is 4. The van der Waals surface area contributed by atoms with Gasteiger partial charge in [0.2, 0.25) is 0 Å². The molecule has 2 aromatic heterocycles. The second kappa shape index (κ2) is 6.10. The monoisotopic (exact) mass is 311 g/mol. The van der Waals surface area contributed by atoms with Crippen LogP contribution in [0.25, 0.3) is 0 Å². The molecule has 2 aliphatic rings. The SMILES string of the molecule is O=c1cc2c(nn1CC1CCN(c3ccncn3)CC1)CCC2. The average molecular weight is 311 g/mol. The summed E-state index contributed by atoms with van der Waals surface area (Å²) in [6.07, 6.45) is 8.66. The average Bonchev–Trinajstić information content (AvgIpc) is 3.04. The van der Waals surface area contributed by atoms with Crippen molar-refractivity contribution >= 4 is 5.82 Å². The van der Waals surface area contributed by atoms with E-state index in [4.69, 9.17) is 0 Å². The van der Waals surface area contributed by atoms with Crippen molar-refractivity contribution in [2.24, 2.45) is 5.92 Å². The van der Waals surface area contributed by atoms with Gasteiger partial charge in [0.15, 0.2) is 0 Å². The van der Waals surface area contributed by atoms with Gasteiger partial charge < -0.3 is 4.90 Å². The van der Waals surface area contributed by atoms with Gasteiger partial charge >= 0.3 is 0 Å². The fourth-order valence-electron chi connectivity index (χ4n) is 3.63. The molecule has 120 valence electrons. The zero-order valence-electron chi connectivity index (χ0n) is 13.2. The topological polar surface area (TPSA) is 63.9 Å². The molecule has 1 fully saturated rings. The quantitative estimate of drug-likeness (QED) is 0.858. The minimum Gasteiger partial charge on any atom is -0.357 e. The maximum absolute atomic E-state index is 12.2. The van der Waals surface area contributed by atoms with Crippen LogP contribution in [0.15, 0.2) is 29.5 Å². The molecule has 1 saturated heterocycles. The summed E-state index contributed by atoms with van der Waals surface area (Å²) in [6.45, 7) is 2.69. The first-order valence-electron chi connectivity index (χ1n) is 8.40. The third-order valence-electron chi connectivity index (χ3n) is 4.96. The molecule has 6 heteroatoms. The first-order chi connectivity index (χ1) is 11.3. The van der Waals surface area contributed by atoms with E-state index in [1.807, 2.05) is 6.07 Å². The Balaban J connectivity index is 1.41. The fraction of sp³-hybridized carbons (Fsp3) is 0.529. The number of aryl methyl sites for hydroxylation is 2. The van der Waals surface area contributed by atoms with E-state index >= 15 is 0 Å². The number of anilines is 1. The molecule has 4 rings (SSSR count). The highest BCUT2D eigenvalue weighted by Gasteiger charge is 2.22. The molecular weight excluding hydrogens is 290 g/mol. The van der Waals surface area contributed by atoms with E-state index in [-0.39, 0.29) is 5.56 Å². The molecule has 6 nitrogen and oxygen atoms in total. The summed E-state index contributed by atoms with van der Waals surface area (Å²) < 4.78 is 1.69. The molecular formula is C17H21N5O. The van der Waals surface area contributed by atoms with Gasteiger partial charge in [-0.05, 0) is 49.7 Å². The lowest BCUT2D eigenvalue weighted by Crippen LogP contribution is -2.37. The Morgan fingerprint density at radius 1 is 1.22 bits per heavy atom. The van der Waals surface area contributed by atoms with Crippen LogP contribution < -0.4 is 10.5 Å². The van der Waals surface area contributed by atoms with Crippen LogP contribution in [0, 0.1) is 5.92 Å². The smallest absolute Gasteiger partial charge is 0.267 e. The number of fused-ring (bicyclic) bond motifs is 1. The zero-order chi connectivity index (χ0) is 15.6. The van der Waals surface area contributed by atoms with Gasteiger partial charge in [0.25, 0.3) is 5.56 Å². The third-order valence-corrected chi connectivity index (χ3v) is 4.96. The summed E-state index contributed by atoms with van der Waals surface area (Å²) in [7, 11) is 0. The Kier molecular flexibility index (Phi) is 3.81. The van der Waals surface area contributed by atoms with Crippen LogP contribution in [-0.2, 0) is 19.4 Å². The van der Waals surface area contributed by atoms with Crippen LogP contribution in [-0.4, -0.2) is 32.8 Å². The molecule has 2 aromatic rings. The summed E-state index contributed by atoms with van der Waals surface area (Å²) >= 11 is 0. The van der Waals surface area contributed by atoms with Crippen molar-refractivity contribution in [2.45, 2.75) is 38.6 Å². The lowest BCUT2D eigenvalue weighted by Gasteiger charge is -2.32. The highest BCUT2D eigenvalue weighted by molar-refractivity contribution is 5.36. The van der Waals surface area contributed by atoms with Gasteiger partial charge in [-0.1, -0.05) is 0 Å². The number of rotatable bonds is 3. The van der Waals surface area contributed by atoms with E-state index in [0.717, 1.165) is 68.8 Å². The van der Waals surface area contributed by atoms with Gasteiger partial charge in [0.05, 0.1) is 5.69 Å². The largest absolute Gasteiger partial charge is 0.357 e. The van der Waals surface area contributed by atoms with E-state index in [1.165, 1.54) is 0 Å². The first-order valence-corrected chi connectivity index (χ1v) is 8.40. The van der Waals surface area contributed by atoms with Gasteiger partial charge in [-0.2, -0.15) is 5.10 Å². The molecule has 3 heterocycles. The predicted molar refractivity (Wildman–Crippen MR) is 87.5 cm³/mol. The van der Waals surface area contributed by atoms with E-state index in [0.29, 0.717) is 5.92 Å². The standard InChI is InChI=1S/C17H21N5O/c23-17-10-14-2-1-3-15(14)20-22(17)11-13-5-8-21(9-6-13)16-4-7-18-12-19-16/h4,7,10,12-13H,1-3,5-6,8-9,11H2. The molecule has 0 N–H and O–H groups in total. The van der Waals surface area contributed by atoms with Gasteiger partial charge in [-0.3, -0.25) is 4.79 Å². The highest BCUT2D eigenvalue weighted by atomic mass is 16.1. The Hall–Kier alpha value is -2.24. The van der Waals surface area contributed by atoms with Crippen LogP contribution in [0.2, 0.25) is 0 Å². The molecule has 23 heavy (non-hydrogen) atoms. The fourth-order valence-corrected chi connectivity index (χ4v) is 3.63. The minimum absolute atomic E-state index is 0.0591. The Bertz CT molecular complexity index is 734. The molecule has 1 aliphatic carbocycles. The number of hydrogen-bond acceptors (Lipinski definition) is 5. The zero-order valence-corrected chi connectivity index (χ0v) is 13.2. The maximum atomic E-state index is 12.2. The van der Waals surface area contributed by atoms with Gasteiger partial charge in [-0.25, -0.2) is 14.6 Å². The van der Waals surface area contributed by atoms with Crippen molar-refractivity contribution in [1.82, 2.24) is 19.7 Å². The minimum atomic E-state index is 0.0591.